The van der Waals surface area contributed by atoms with Gasteiger partial charge in [0.25, 0.3) is 0 Å². The van der Waals surface area contributed by atoms with Crippen molar-refractivity contribution < 1.29 is 28.5 Å². The lowest BCUT2D eigenvalue weighted by atomic mass is 9.61. The van der Waals surface area contributed by atoms with Crippen LogP contribution in [0, 0.1) is 23.7 Å². The third-order valence-corrected chi connectivity index (χ3v) is 6.88. The Morgan fingerprint density at radius 1 is 1.21 bits per heavy atom. The maximum atomic E-state index is 13.3. The van der Waals surface area contributed by atoms with Crippen LogP contribution >= 0.6 is 0 Å². The summed E-state index contributed by atoms with van der Waals surface area (Å²) in [7, 11) is 0. The number of esters is 2. The second-order valence-electron chi connectivity index (χ2n) is 8.52. The van der Waals surface area contributed by atoms with Crippen molar-refractivity contribution in [2.24, 2.45) is 23.7 Å². The second-order valence-corrected chi connectivity index (χ2v) is 8.52. The van der Waals surface area contributed by atoms with Crippen LogP contribution in [0.4, 0.5) is 0 Å². The van der Waals surface area contributed by atoms with E-state index in [9.17, 15) is 9.59 Å². The molecule has 154 valence electrons. The predicted octanol–water partition coefficient (Wildman–Crippen LogP) is 3.01. The molecule has 2 saturated heterocycles. The Morgan fingerprint density at radius 2 is 1.97 bits per heavy atom. The third-order valence-electron chi connectivity index (χ3n) is 6.88. The fraction of sp³-hybridized carbons (Fsp3) is 0.565. The fourth-order valence-electron chi connectivity index (χ4n) is 5.54. The molecule has 4 aliphatic rings. The van der Waals surface area contributed by atoms with E-state index in [0.29, 0.717) is 19.6 Å². The van der Waals surface area contributed by atoms with E-state index in [2.05, 4.69) is 0 Å². The Labute approximate surface area is 170 Å². The number of carbonyl (C=O) groups excluding carboxylic acids is 2. The van der Waals surface area contributed by atoms with Gasteiger partial charge in [0.05, 0.1) is 25.0 Å². The molecule has 6 nitrogen and oxygen atoms in total. The first kappa shape index (κ1) is 18.8. The van der Waals surface area contributed by atoms with Crippen molar-refractivity contribution >= 4 is 11.9 Å². The quantitative estimate of drug-likeness (QED) is 0.576. The molecule has 2 aliphatic heterocycles. The Balaban J connectivity index is 1.43. The van der Waals surface area contributed by atoms with Crippen LogP contribution in [0.2, 0.25) is 0 Å². The highest BCUT2D eigenvalue weighted by Crippen LogP contribution is 2.53. The highest BCUT2D eigenvalue weighted by Gasteiger charge is 2.57. The van der Waals surface area contributed by atoms with Crippen LogP contribution in [0.15, 0.2) is 42.0 Å². The highest BCUT2D eigenvalue weighted by molar-refractivity contribution is 5.82. The molecule has 0 aromatic heterocycles. The van der Waals surface area contributed by atoms with Gasteiger partial charge in [0.1, 0.15) is 12.7 Å². The van der Waals surface area contributed by atoms with Crippen LogP contribution in [0.25, 0.3) is 0 Å². The van der Waals surface area contributed by atoms with Gasteiger partial charge in [-0.15, -0.1) is 0 Å². The highest BCUT2D eigenvalue weighted by atomic mass is 16.7. The van der Waals surface area contributed by atoms with Gasteiger partial charge in [-0.05, 0) is 24.8 Å². The average molecular weight is 398 g/mol. The Bertz CT molecular complexity index is 825. The lowest BCUT2D eigenvalue weighted by Crippen LogP contribution is -2.48. The number of hydrogen-bond donors (Lipinski definition) is 0. The zero-order chi connectivity index (χ0) is 20.0. The number of ether oxygens (including phenoxy) is 4. The lowest BCUT2D eigenvalue weighted by Gasteiger charge is -2.45. The van der Waals surface area contributed by atoms with Crippen molar-refractivity contribution in [2.45, 2.75) is 44.7 Å². The molecule has 1 aromatic carbocycles. The summed E-state index contributed by atoms with van der Waals surface area (Å²) in [6.45, 7) is 3.26. The summed E-state index contributed by atoms with van der Waals surface area (Å²) >= 11 is 0. The molecule has 0 N–H and O–H groups in total. The largest absolute Gasteiger partial charge is 0.462 e. The van der Waals surface area contributed by atoms with Crippen LogP contribution in [0.5, 0.6) is 0 Å². The maximum Gasteiger partial charge on any atom is 0.313 e. The lowest BCUT2D eigenvalue weighted by molar-refractivity contribution is -0.190. The van der Waals surface area contributed by atoms with Crippen LogP contribution < -0.4 is 0 Å². The minimum Gasteiger partial charge on any atom is -0.462 e. The van der Waals surface area contributed by atoms with E-state index in [1.54, 1.807) is 0 Å². The van der Waals surface area contributed by atoms with Gasteiger partial charge in [0.15, 0.2) is 5.79 Å². The molecule has 3 fully saturated rings. The Morgan fingerprint density at radius 3 is 2.72 bits per heavy atom. The van der Waals surface area contributed by atoms with E-state index in [0.717, 1.165) is 24.0 Å². The molecule has 29 heavy (non-hydrogen) atoms. The first-order valence-corrected chi connectivity index (χ1v) is 10.5. The van der Waals surface area contributed by atoms with E-state index in [-0.39, 0.29) is 42.4 Å². The summed E-state index contributed by atoms with van der Waals surface area (Å²) in [6.07, 6.45) is 3.86. The van der Waals surface area contributed by atoms with Crippen LogP contribution in [-0.4, -0.2) is 37.0 Å². The third kappa shape index (κ3) is 3.28. The number of hydrogen-bond acceptors (Lipinski definition) is 6. The molecule has 0 amide bonds. The zero-order valence-electron chi connectivity index (χ0n) is 16.5. The van der Waals surface area contributed by atoms with Crippen LogP contribution in [0.1, 0.15) is 31.7 Å². The maximum absolute atomic E-state index is 13.3. The van der Waals surface area contributed by atoms with E-state index in [1.807, 2.05) is 43.3 Å². The van der Waals surface area contributed by atoms with Gasteiger partial charge >= 0.3 is 11.9 Å². The van der Waals surface area contributed by atoms with Gasteiger partial charge in [-0.1, -0.05) is 42.0 Å². The number of cyclic esters (lactones) is 1. The van der Waals surface area contributed by atoms with Gasteiger partial charge in [0, 0.05) is 18.8 Å². The summed E-state index contributed by atoms with van der Waals surface area (Å²) < 4.78 is 23.2. The Kier molecular flexibility index (Phi) is 4.71. The number of benzene rings is 1. The predicted molar refractivity (Wildman–Crippen MR) is 102 cm³/mol. The van der Waals surface area contributed by atoms with Crippen molar-refractivity contribution in [2.75, 3.05) is 13.2 Å². The molecule has 0 bridgehead atoms. The van der Waals surface area contributed by atoms with Crippen molar-refractivity contribution in [3.63, 3.8) is 0 Å². The smallest absolute Gasteiger partial charge is 0.313 e. The van der Waals surface area contributed by atoms with Gasteiger partial charge in [0.2, 0.25) is 0 Å². The van der Waals surface area contributed by atoms with E-state index in [4.69, 9.17) is 18.9 Å². The van der Waals surface area contributed by atoms with Gasteiger partial charge < -0.3 is 18.9 Å². The minimum absolute atomic E-state index is 0.0525. The SMILES string of the molecule is C[C@@H]1OC(=O)[C@H]2C=C3CCC4(CC3C(C(=O)OCc3ccccc3)[C@@H]12)OCCO4. The standard InChI is InChI=1S/C23H26O6/c1-14-19-17(21(24)29-14)11-16-7-8-23(27-9-10-28-23)12-18(16)20(19)22(25)26-13-15-5-3-2-4-6-15/h2-6,11,14,17-20H,7-10,12-13H2,1H3/t14-,17-,18?,19-,20?/m0/s1. The monoisotopic (exact) mass is 398 g/mol. The minimum atomic E-state index is -0.612. The first-order valence-electron chi connectivity index (χ1n) is 10.5. The average Bonchev–Trinajstić information content (AvgIpc) is 3.29. The van der Waals surface area contributed by atoms with E-state index < -0.39 is 11.7 Å². The van der Waals surface area contributed by atoms with Gasteiger partial charge in [-0.2, -0.15) is 0 Å². The van der Waals surface area contributed by atoms with E-state index >= 15 is 0 Å². The molecule has 1 spiro atoms. The summed E-state index contributed by atoms with van der Waals surface area (Å²) in [6, 6.07) is 9.64. The van der Waals surface area contributed by atoms with Gasteiger partial charge in [-0.3, -0.25) is 9.59 Å². The molecule has 1 saturated carbocycles. The molecule has 5 rings (SSSR count). The van der Waals surface area contributed by atoms with Crippen LogP contribution in [0.3, 0.4) is 0 Å². The fourth-order valence-corrected chi connectivity index (χ4v) is 5.54. The summed E-state index contributed by atoms with van der Waals surface area (Å²) in [4.78, 5) is 25.7. The van der Waals surface area contributed by atoms with Crippen molar-refractivity contribution in [1.29, 1.82) is 0 Å². The molecule has 2 aliphatic carbocycles. The summed E-state index contributed by atoms with van der Waals surface area (Å²) in [5.74, 6) is -2.18. The molecule has 5 atom stereocenters. The number of rotatable bonds is 3. The summed E-state index contributed by atoms with van der Waals surface area (Å²) in [5.41, 5.74) is 2.09. The topological polar surface area (TPSA) is 71.1 Å². The van der Waals surface area contributed by atoms with Crippen molar-refractivity contribution in [3.8, 4) is 0 Å². The van der Waals surface area contributed by atoms with E-state index in [1.165, 1.54) is 0 Å². The van der Waals surface area contributed by atoms with Crippen molar-refractivity contribution in [1.82, 2.24) is 0 Å². The second kappa shape index (κ2) is 7.26. The molecule has 1 aromatic rings. The molecule has 2 unspecified atom stereocenters. The number of fused-ring (bicyclic) bond motifs is 2. The number of carbonyl (C=O) groups is 2. The Hall–Kier alpha value is -2.18. The van der Waals surface area contributed by atoms with Gasteiger partial charge in [-0.25, -0.2) is 0 Å². The molecule has 2 heterocycles. The van der Waals surface area contributed by atoms with Crippen LogP contribution in [-0.2, 0) is 35.1 Å². The summed E-state index contributed by atoms with van der Waals surface area (Å²) in [5, 5.41) is 0. The zero-order valence-corrected chi connectivity index (χ0v) is 16.5. The number of allylic oxidation sites excluding steroid dienone is 1. The molecular weight excluding hydrogens is 372 g/mol. The molecule has 6 heteroatoms. The molecular formula is C23H26O6. The molecule has 0 radical (unpaired) electrons. The van der Waals surface area contributed by atoms with Crippen molar-refractivity contribution in [3.05, 3.63) is 47.5 Å². The normalized spacial score (nSPS) is 34.9. The first-order chi connectivity index (χ1) is 14.1.